The minimum atomic E-state index is -4.34. The zero-order valence-corrected chi connectivity index (χ0v) is 55.5. The Morgan fingerprint density at radius 1 is 0.338 bits per heavy atom. The van der Waals surface area contributed by atoms with Gasteiger partial charge in [0.25, 0.3) is 0 Å². The fourth-order valence-electron chi connectivity index (χ4n) is 7.70. The Bertz CT molecular complexity index is 1520. The van der Waals surface area contributed by atoms with Crippen LogP contribution in [0.25, 0.3) is 0 Å². The molecule has 0 spiro atoms. The molecule has 0 aliphatic carbocycles. The van der Waals surface area contributed by atoms with Gasteiger partial charge < -0.3 is 94.1 Å². The first kappa shape index (κ1) is 77.3. The molecule has 0 saturated heterocycles. The molecule has 5 N–H and O–H groups in total. The van der Waals surface area contributed by atoms with E-state index in [0.717, 1.165) is 0 Å². The molecule has 0 unspecified atom stereocenters. The molecule has 0 aromatic rings. The van der Waals surface area contributed by atoms with Gasteiger partial charge in [0.15, 0.2) is 0 Å². The molecule has 0 radical (unpaired) electrons. The summed E-state index contributed by atoms with van der Waals surface area (Å²) in [6.07, 6.45) is 2.80. The van der Waals surface area contributed by atoms with Crippen molar-refractivity contribution in [1.82, 2.24) is 25.3 Å². The molecule has 0 rings (SSSR count). The summed E-state index contributed by atoms with van der Waals surface area (Å²) in [4.78, 5) is 112. The molecule has 0 saturated carbocycles. The minimum Gasteiger partial charge on any atom is -0.466 e. The Morgan fingerprint density at radius 2 is 0.575 bits per heavy atom. The van der Waals surface area contributed by atoms with Crippen LogP contribution in [0.5, 0.6) is 0 Å². The van der Waals surface area contributed by atoms with E-state index >= 15 is 0 Å². The summed E-state index contributed by atoms with van der Waals surface area (Å²) in [6, 6.07) is 2.37. The molecule has 0 atom stereocenters. The lowest BCUT2D eigenvalue weighted by Gasteiger charge is -2.24. The fraction of sp³-hybridized carbons (Fsp3) is 0.878. The Morgan fingerprint density at radius 3 is 0.812 bits per heavy atom. The number of carbonyl (C=O) groups excluding carboxylic acids is 6. The monoisotopic (exact) mass is 1240 g/mol. The van der Waals surface area contributed by atoms with Crippen molar-refractivity contribution in [3.05, 3.63) is 0 Å². The Labute approximate surface area is 482 Å². The van der Waals surface area contributed by atoms with E-state index in [-0.39, 0.29) is 148 Å². The lowest BCUT2D eigenvalue weighted by molar-refractivity contribution is -0.146. The zero-order chi connectivity index (χ0) is 60.5. The van der Waals surface area contributed by atoms with Crippen LogP contribution in [0.3, 0.4) is 0 Å². The van der Waals surface area contributed by atoms with Crippen molar-refractivity contribution in [3.63, 3.8) is 0 Å². The number of ether oxygens (including phenoxy) is 4. The van der Waals surface area contributed by atoms with E-state index in [2.05, 4.69) is 10.6 Å². The number of esters is 4. The Kier molecular flexibility index (Phi) is 42.5. The number of nitrogens with zero attached hydrogens (tertiary/aromatic N) is 3. The summed E-state index contributed by atoms with van der Waals surface area (Å²) in [7, 11) is -0.757. The predicted octanol–water partition coefficient (Wildman–Crippen LogP) is 1.96. The number of nitrogens with one attached hydrogen (secondary N) is 2. The molecule has 26 nitrogen and oxygen atoms in total. The fourth-order valence-corrected chi connectivity index (χ4v) is 13.8. The van der Waals surface area contributed by atoms with Crippen molar-refractivity contribution in [1.29, 1.82) is 0 Å². The summed E-state index contributed by atoms with van der Waals surface area (Å²) < 4.78 is 65.8. The van der Waals surface area contributed by atoms with E-state index in [4.69, 9.17) is 54.4 Å². The van der Waals surface area contributed by atoms with Crippen molar-refractivity contribution in [2.24, 2.45) is 0 Å². The summed E-state index contributed by atoms with van der Waals surface area (Å²) in [5.74, 6) is -2.22. The topological polar surface area (TPSA) is 308 Å². The van der Waals surface area contributed by atoms with Crippen molar-refractivity contribution in [2.45, 2.75) is 127 Å². The van der Waals surface area contributed by atoms with Crippen LogP contribution in [0.2, 0.25) is 56.4 Å². The van der Waals surface area contributed by atoms with Gasteiger partial charge in [0.2, 0.25) is 11.8 Å². The van der Waals surface area contributed by atoms with Gasteiger partial charge in [0, 0.05) is 141 Å². The predicted molar refractivity (Wildman–Crippen MR) is 309 cm³/mol. The highest BCUT2D eigenvalue weighted by Crippen LogP contribution is 2.17. The van der Waals surface area contributed by atoms with Crippen molar-refractivity contribution in [3.8, 4) is 0 Å². The van der Waals surface area contributed by atoms with E-state index in [0.29, 0.717) is 62.9 Å². The maximum absolute atomic E-state index is 13.2. The number of hydrogen-bond acceptors (Lipinski definition) is 24. The standard InChI is InChI=1S/C49H103N5O21Si5/c1-64-76(9,65-2)39-14-35-72-46(57)20-29-53(30-21-47(58)73-36-15-40-77(10,66-3)67-4)33-24-50-44(55)18-27-52(26-13-43-80(61,62)63)28-19-45(56)51-25-34-54(31-22-48(59)74-37-16-41-78(11,68-5)69-6)32-23-49(60)75-38-17-42-79(12,70-7)71-8/h61-63H,13-43H2,1-12H3,(H,50,55)(H,51,56). The first-order chi connectivity index (χ1) is 37.8. The second-order valence-electron chi connectivity index (χ2n) is 20.1. The van der Waals surface area contributed by atoms with Gasteiger partial charge in [-0.15, -0.1) is 0 Å². The number of hydrogen-bond donors (Lipinski definition) is 5. The van der Waals surface area contributed by atoms with Crippen molar-refractivity contribution in [2.75, 3.05) is 155 Å². The first-order valence-corrected chi connectivity index (χ1v) is 39.9. The molecule has 0 aliphatic rings. The summed E-state index contributed by atoms with van der Waals surface area (Å²) >= 11 is 0. The summed E-state index contributed by atoms with van der Waals surface area (Å²) in [6.45, 7) is 11.3. The van der Waals surface area contributed by atoms with Gasteiger partial charge in [-0.1, -0.05) is 0 Å². The van der Waals surface area contributed by atoms with E-state index in [9.17, 15) is 43.2 Å². The van der Waals surface area contributed by atoms with Gasteiger partial charge in [-0.05, 0) is 89.0 Å². The molecule has 31 heteroatoms. The van der Waals surface area contributed by atoms with E-state index in [1.807, 2.05) is 40.9 Å². The van der Waals surface area contributed by atoms with Crippen LogP contribution in [0.15, 0.2) is 0 Å². The van der Waals surface area contributed by atoms with Crippen LogP contribution >= 0.6 is 0 Å². The highest BCUT2D eigenvalue weighted by Gasteiger charge is 2.31. The molecule has 470 valence electrons. The van der Waals surface area contributed by atoms with Crippen molar-refractivity contribution < 1.29 is 97.5 Å². The van der Waals surface area contributed by atoms with Gasteiger partial charge in [0.1, 0.15) is 0 Å². The molecule has 80 heavy (non-hydrogen) atoms. The largest absolute Gasteiger partial charge is 0.492 e. The Balaban J connectivity index is 5.55. The highest BCUT2D eigenvalue weighted by molar-refractivity contribution is 6.67. The summed E-state index contributed by atoms with van der Waals surface area (Å²) in [5, 5.41) is 5.78. The molecular weight excluding hydrogens is 1130 g/mol. The lowest BCUT2D eigenvalue weighted by atomic mass is 10.2. The van der Waals surface area contributed by atoms with Crippen LogP contribution in [0, 0.1) is 0 Å². The molecule has 2 amide bonds. The van der Waals surface area contributed by atoms with Crippen LogP contribution in [-0.4, -0.2) is 263 Å². The SMILES string of the molecule is CO[Si](C)(CCCOC(=O)CCN(CCNC(=O)CCN(CCC[Si](O)(O)O)CCC(=O)NCCN(CCC(=O)OCCC[Si](C)(OC)OC)CCC(=O)OCCC[Si](C)(OC)OC)CCC(=O)OCCC[Si](C)(OC)OC)OC. The molecule has 0 bridgehead atoms. The third kappa shape index (κ3) is 39.8. The maximum atomic E-state index is 13.2. The second-order valence-corrected chi connectivity index (χ2v) is 36.5. The quantitative estimate of drug-likeness (QED) is 0.0252. The lowest BCUT2D eigenvalue weighted by Crippen LogP contribution is -2.40. The molecule has 0 aromatic carbocycles. The van der Waals surface area contributed by atoms with Crippen LogP contribution in [-0.2, 0) is 83.1 Å². The normalized spacial score (nSPS) is 12.5. The first-order valence-electron chi connectivity index (χ1n) is 27.7. The van der Waals surface area contributed by atoms with Crippen LogP contribution in [0.1, 0.15) is 70.6 Å². The second kappa shape index (κ2) is 43.9. The van der Waals surface area contributed by atoms with Crippen molar-refractivity contribution >= 4 is 78.7 Å². The Hall–Kier alpha value is -2.66. The summed E-state index contributed by atoms with van der Waals surface area (Å²) in [5.41, 5.74) is 0. The molecule has 0 heterocycles. The zero-order valence-electron chi connectivity index (χ0n) is 50.5. The van der Waals surface area contributed by atoms with E-state index in [1.54, 1.807) is 56.9 Å². The highest BCUT2D eigenvalue weighted by atomic mass is 28.4. The molecule has 0 aromatic heterocycles. The third-order valence-corrected chi connectivity index (χ3v) is 26.9. The van der Waals surface area contributed by atoms with Crippen LogP contribution in [0.4, 0.5) is 0 Å². The number of rotatable bonds is 52. The number of carbonyl (C=O) groups is 6. The average Bonchev–Trinajstić information content (AvgIpc) is 3.44. The molecule has 0 aliphatic heterocycles. The third-order valence-electron chi connectivity index (χ3n) is 13.9. The molecular formula is C49H103N5O21Si5. The van der Waals surface area contributed by atoms with Gasteiger partial charge in [-0.2, -0.15) is 0 Å². The van der Waals surface area contributed by atoms with Crippen LogP contribution < -0.4 is 10.6 Å². The van der Waals surface area contributed by atoms with E-state index < -0.39 is 66.9 Å². The van der Waals surface area contributed by atoms with Gasteiger partial charge in [-0.3, -0.25) is 28.8 Å². The maximum Gasteiger partial charge on any atom is 0.492 e. The van der Waals surface area contributed by atoms with Gasteiger partial charge in [0.05, 0.1) is 52.1 Å². The van der Waals surface area contributed by atoms with E-state index in [1.165, 1.54) is 0 Å². The average molecular weight is 1240 g/mol. The van der Waals surface area contributed by atoms with Gasteiger partial charge >= 0.3 is 66.9 Å². The smallest absolute Gasteiger partial charge is 0.466 e. The molecule has 0 fully saturated rings. The van der Waals surface area contributed by atoms with Gasteiger partial charge in [-0.25, -0.2) is 0 Å². The number of amides is 2. The minimum absolute atomic E-state index is 0.0327.